The summed E-state index contributed by atoms with van der Waals surface area (Å²) in [5.41, 5.74) is 7.56. The Hall–Kier alpha value is -0.450. The fraction of sp³-hybridized carbons (Fsp3) is 0.647. The minimum Gasteiger partial charge on any atom is -0.375 e. The van der Waals surface area contributed by atoms with Crippen molar-refractivity contribution in [1.29, 1.82) is 0 Å². The Morgan fingerprint density at radius 1 is 1.29 bits per heavy atom. The lowest BCUT2D eigenvalue weighted by molar-refractivity contribution is -0.120. The summed E-state index contributed by atoms with van der Waals surface area (Å²) in [5.74, 6) is 0.191. The van der Waals surface area contributed by atoms with E-state index in [0.717, 1.165) is 25.0 Å². The van der Waals surface area contributed by atoms with Crippen molar-refractivity contribution in [3.63, 3.8) is 0 Å². The quantitative estimate of drug-likeness (QED) is 0.832. The second-order valence-corrected chi connectivity index (χ2v) is 7.40. The maximum atomic E-state index is 13.4. The van der Waals surface area contributed by atoms with E-state index < -0.39 is 0 Å². The van der Waals surface area contributed by atoms with Gasteiger partial charge in [0.15, 0.2) is 0 Å². The number of nitrogens with two attached hydrogens (primary N) is 1. The van der Waals surface area contributed by atoms with Crippen molar-refractivity contribution in [3.05, 3.63) is 34.1 Å². The molecule has 2 fully saturated rings. The summed E-state index contributed by atoms with van der Waals surface area (Å²) in [6.07, 6.45) is 8.24. The van der Waals surface area contributed by atoms with Crippen LogP contribution in [0.2, 0.25) is 0 Å². The first-order chi connectivity index (χ1) is 10.1. The van der Waals surface area contributed by atoms with Crippen molar-refractivity contribution in [2.24, 2.45) is 11.7 Å². The SMILES string of the molecule is NC(c1ccc(F)c(Br)c1)C1CCOC2(CCCCC2)C1. The van der Waals surface area contributed by atoms with Gasteiger partial charge in [0.1, 0.15) is 5.82 Å². The Morgan fingerprint density at radius 2 is 2.05 bits per heavy atom. The third-order valence-electron chi connectivity index (χ3n) is 5.13. The Balaban J connectivity index is 1.74. The highest BCUT2D eigenvalue weighted by atomic mass is 79.9. The molecule has 2 aliphatic rings. The second kappa shape index (κ2) is 6.35. The molecule has 0 amide bonds. The number of ether oxygens (including phenoxy) is 1. The van der Waals surface area contributed by atoms with Crippen LogP contribution in [0.25, 0.3) is 0 Å². The van der Waals surface area contributed by atoms with Crippen LogP contribution in [0.3, 0.4) is 0 Å². The first-order valence-corrected chi connectivity index (χ1v) is 8.73. The molecule has 2 unspecified atom stereocenters. The number of rotatable bonds is 2. The molecule has 1 saturated heterocycles. The molecule has 1 aromatic carbocycles. The minimum atomic E-state index is -0.235. The molecular formula is C17H23BrFNO. The van der Waals surface area contributed by atoms with E-state index in [4.69, 9.17) is 10.5 Å². The molecule has 1 saturated carbocycles. The molecule has 1 aliphatic carbocycles. The maximum absolute atomic E-state index is 13.4. The molecule has 2 N–H and O–H groups in total. The van der Waals surface area contributed by atoms with Gasteiger partial charge >= 0.3 is 0 Å². The van der Waals surface area contributed by atoms with Crippen LogP contribution in [-0.4, -0.2) is 12.2 Å². The fourth-order valence-corrected chi connectivity index (χ4v) is 4.31. The van der Waals surface area contributed by atoms with Gasteiger partial charge in [-0.2, -0.15) is 0 Å². The Kier molecular flexibility index (Phi) is 4.67. The zero-order valence-electron chi connectivity index (χ0n) is 12.3. The fourth-order valence-electron chi connectivity index (χ4n) is 3.91. The topological polar surface area (TPSA) is 35.2 Å². The molecule has 0 bridgehead atoms. The van der Waals surface area contributed by atoms with E-state index in [9.17, 15) is 4.39 Å². The molecular weight excluding hydrogens is 333 g/mol. The van der Waals surface area contributed by atoms with E-state index in [2.05, 4.69) is 15.9 Å². The molecule has 0 radical (unpaired) electrons. The van der Waals surface area contributed by atoms with Crippen molar-refractivity contribution >= 4 is 15.9 Å². The molecule has 21 heavy (non-hydrogen) atoms. The lowest BCUT2D eigenvalue weighted by atomic mass is 9.73. The Morgan fingerprint density at radius 3 is 2.76 bits per heavy atom. The van der Waals surface area contributed by atoms with Crippen LogP contribution in [0.5, 0.6) is 0 Å². The zero-order valence-corrected chi connectivity index (χ0v) is 13.9. The van der Waals surface area contributed by atoms with Crippen molar-refractivity contribution in [2.75, 3.05) is 6.61 Å². The van der Waals surface area contributed by atoms with Crippen LogP contribution in [0, 0.1) is 11.7 Å². The third-order valence-corrected chi connectivity index (χ3v) is 5.74. The van der Waals surface area contributed by atoms with Gasteiger partial charge in [0, 0.05) is 12.6 Å². The largest absolute Gasteiger partial charge is 0.375 e. The molecule has 1 heterocycles. The lowest BCUT2D eigenvalue weighted by Gasteiger charge is -2.45. The van der Waals surface area contributed by atoms with Gasteiger partial charge in [0.25, 0.3) is 0 Å². The van der Waals surface area contributed by atoms with Crippen LogP contribution >= 0.6 is 15.9 Å². The molecule has 3 rings (SSSR count). The molecule has 1 aliphatic heterocycles. The van der Waals surface area contributed by atoms with Crippen molar-refractivity contribution in [2.45, 2.75) is 56.6 Å². The molecule has 116 valence electrons. The standard InChI is InChI=1S/C17H23BrFNO/c18-14-10-12(4-5-15(14)19)16(20)13-6-9-21-17(11-13)7-2-1-3-8-17/h4-5,10,13,16H,1-3,6-9,11,20H2. The summed E-state index contributed by atoms with van der Waals surface area (Å²) < 4.78 is 20.0. The summed E-state index contributed by atoms with van der Waals surface area (Å²) in [5, 5.41) is 0. The summed E-state index contributed by atoms with van der Waals surface area (Å²) in [6.45, 7) is 0.806. The van der Waals surface area contributed by atoms with Crippen molar-refractivity contribution in [3.8, 4) is 0 Å². The predicted octanol–water partition coefficient (Wildman–Crippen LogP) is 4.72. The summed E-state index contributed by atoms with van der Waals surface area (Å²) in [7, 11) is 0. The smallest absolute Gasteiger partial charge is 0.137 e. The maximum Gasteiger partial charge on any atom is 0.137 e. The first-order valence-electron chi connectivity index (χ1n) is 7.94. The molecule has 4 heteroatoms. The monoisotopic (exact) mass is 355 g/mol. The highest BCUT2D eigenvalue weighted by Gasteiger charge is 2.40. The van der Waals surface area contributed by atoms with E-state index in [1.165, 1.54) is 38.2 Å². The molecule has 1 aromatic rings. The first kappa shape index (κ1) is 15.4. The molecule has 0 aromatic heterocycles. The van der Waals surface area contributed by atoms with Gasteiger partial charge in [0.2, 0.25) is 0 Å². The molecule has 1 spiro atoms. The van der Waals surface area contributed by atoms with Crippen LogP contribution in [0.4, 0.5) is 4.39 Å². The molecule has 2 nitrogen and oxygen atoms in total. The van der Waals surface area contributed by atoms with E-state index in [1.54, 1.807) is 0 Å². The number of hydrogen-bond acceptors (Lipinski definition) is 2. The third kappa shape index (κ3) is 3.33. The van der Waals surface area contributed by atoms with Gasteiger partial charge in [-0.3, -0.25) is 0 Å². The number of halogens is 2. The van der Waals surface area contributed by atoms with Crippen molar-refractivity contribution < 1.29 is 9.13 Å². The van der Waals surface area contributed by atoms with Crippen LogP contribution in [0.1, 0.15) is 56.6 Å². The average molecular weight is 356 g/mol. The van der Waals surface area contributed by atoms with Gasteiger partial charge in [-0.05, 0) is 65.2 Å². The summed E-state index contributed by atoms with van der Waals surface area (Å²) >= 11 is 3.25. The van der Waals surface area contributed by atoms with Gasteiger partial charge in [-0.15, -0.1) is 0 Å². The Bertz CT molecular complexity index is 496. The Labute approximate surface area is 134 Å². The van der Waals surface area contributed by atoms with Gasteiger partial charge < -0.3 is 10.5 Å². The van der Waals surface area contributed by atoms with Gasteiger partial charge in [-0.25, -0.2) is 4.39 Å². The number of benzene rings is 1. The normalized spacial score (nSPS) is 26.7. The van der Waals surface area contributed by atoms with Crippen LogP contribution in [0.15, 0.2) is 22.7 Å². The second-order valence-electron chi connectivity index (χ2n) is 6.54. The van der Waals surface area contributed by atoms with Crippen LogP contribution < -0.4 is 5.73 Å². The highest BCUT2D eigenvalue weighted by molar-refractivity contribution is 9.10. The van der Waals surface area contributed by atoms with Crippen molar-refractivity contribution in [1.82, 2.24) is 0 Å². The predicted molar refractivity (Wildman–Crippen MR) is 85.5 cm³/mol. The summed E-state index contributed by atoms with van der Waals surface area (Å²) in [4.78, 5) is 0. The van der Waals surface area contributed by atoms with E-state index in [1.807, 2.05) is 12.1 Å². The minimum absolute atomic E-state index is 0.0374. The average Bonchev–Trinajstić information content (AvgIpc) is 2.50. The van der Waals surface area contributed by atoms with E-state index in [0.29, 0.717) is 10.4 Å². The van der Waals surface area contributed by atoms with Gasteiger partial charge in [0.05, 0.1) is 10.1 Å². The van der Waals surface area contributed by atoms with E-state index in [-0.39, 0.29) is 17.5 Å². The summed E-state index contributed by atoms with van der Waals surface area (Å²) in [6, 6.07) is 5.09. The molecule has 2 atom stereocenters. The van der Waals surface area contributed by atoms with Crippen LogP contribution in [-0.2, 0) is 4.74 Å². The zero-order chi connectivity index (χ0) is 14.9. The van der Waals surface area contributed by atoms with E-state index >= 15 is 0 Å². The lowest BCUT2D eigenvalue weighted by Crippen LogP contribution is -2.44. The highest BCUT2D eigenvalue weighted by Crippen LogP contribution is 2.43. The number of hydrogen-bond donors (Lipinski definition) is 1. The van der Waals surface area contributed by atoms with Gasteiger partial charge in [-0.1, -0.05) is 25.3 Å².